The lowest BCUT2D eigenvalue weighted by molar-refractivity contribution is 0.471. The summed E-state index contributed by atoms with van der Waals surface area (Å²) in [6, 6.07) is 7.88. The van der Waals surface area contributed by atoms with Gasteiger partial charge < -0.3 is 10.1 Å². The quantitative estimate of drug-likeness (QED) is 0.898. The summed E-state index contributed by atoms with van der Waals surface area (Å²) in [5.41, 5.74) is 2.34. The van der Waals surface area contributed by atoms with Crippen molar-refractivity contribution >= 4 is 11.6 Å². The van der Waals surface area contributed by atoms with Crippen molar-refractivity contribution in [3.05, 3.63) is 52.8 Å². The van der Waals surface area contributed by atoms with Gasteiger partial charge in [0.2, 0.25) is 0 Å². The van der Waals surface area contributed by atoms with Crippen LogP contribution in [0, 0.1) is 6.92 Å². The molecular formula is C15H17ClN2O. The Labute approximate surface area is 118 Å². The maximum Gasteiger partial charge on any atom is 0.147 e. The second-order valence-corrected chi connectivity index (χ2v) is 4.77. The summed E-state index contributed by atoms with van der Waals surface area (Å²) < 4.78 is 5.86. The molecule has 3 nitrogen and oxygen atoms in total. The minimum Gasteiger partial charge on any atom is -0.455 e. The molecule has 0 saturated heterocycles. The Morgan fingerprint density at radius 2 is 2.11 bits per heavy atom. The van der Waals surface area contributed by atoms with Gasteiger partial charge in [0.15, 0.2) is 0 Å². The third-order valence-electron chi connectivity index (χ3n) is 2.69. The second-order valence-electron chi connectivity index (χ2n) is 4.33. The average Bonchev–Trinajstić information content (AvgIpc) is 2.39. The van der Waals surface area contributed by atoms with E-state index in [0.717, 1.165) is 24.4 Å². The summed E-state index contributed by atoms with van der Waals surface area (Å²) in [4.78, 5) is 4.02. The van der Waals surface area contributed by atoms with Crippen LogP contribution in [0.5, 0.6) is 11.5 Å². The lowest BCUT2D eigenvalue weighted by atomic mass is 10.1. The molecule has 0 saturated carbocycles. The molecule has 0 aliphatic heterocycles. The second kappa shape index (κ2) is 6.55. The summed E-state index contributed by atoms with van der Waals surface area (Å²) in [5.74, 6) is 1.48. The van der Waals surface area contributed by atoms with Crippen molar-refractivity contribution in [1.82, 2.24) is 10.3 Å². The number of ether oxygens (including phenoxy) is 1. The molecule has 0 fully saturated rings. The number of hydrogen-bond donors (Lipinski definition) is 1. The zero-order valence-electron chi connectivity index (χ0n) is 11.1. The van der Waals surface area contributed by atoms with Gasteiger partial charge in [0, 0.05) is 24.4 Å². The highest BCUT2D eigenvalue weighted by molar-refractivity contribution is 6.30. The Bertz CT molecular complexity index is 558. The first kappa shape index (κ1) is 13.8. The van der Waals surface area contributed by atoms with Crippen molar-refractivity contribution in [3.8, 4) is 11.5 Å². The molecule has 1 N–H and O–H groups in total. The molecule has 1 heterocycles. The van der Waals surface area contributed by atoms with Crippen LogP contribution in [0.25, 0.3) is 0 Å². The molecule has 0 radical (unpaired) electrons. The Hall–Kier alpha value is -1.58. The third kappa shape index (κ3) is 3.94. The highest BCUT2D eigenvalue weighted by Crippen LogP contribution is 2.27. The van der Waals surface area contributed by atoms with Gasteiger partial charge in [0.05, 0.1) is 11.2 Å². The summed E-state index contributed by atoms with van der Waals surface area (Å²) in [6.07, 6.45) is 3.24. The fourth-order valence-corrected chi connectivity index (χ4v) is 1.94. The number of aryl methyl sites for hydroxylation is 1. The van der Waals surface area contributed by atoms with E-state index in [9.17, 15) is 0 Å². The zero-order chi connectivity index (χ0) is 13.7. The summed E-state index contributed by atoms with van der Waals surface area (Å²) in [5, 5.41) is 3.88. The van der Waals surface area contributed by atoms with Gasteiger partial charge in [0.25, 0.3) is 0 Å². The Morgan fingerprint density at radius 1 is 1.26 bits per heavy atom. The number of nitrogens with zero attached hydrogens (tertiary/aromatic N) is 1. The van der Waals surface area contributed by atoms with E-state index in [-0.39, 0.29) is 0 Å². The van der Waals surface area contributed by atoms with Crippen LogP contribution < -0.4 is 10.1 Å². The molecule has 1 aromatic carbocycles. The van der Waals surface area contributed by atoms with E-state index >= 15 is 0 Å². The van der Waals surface area contributed by atoms with Gasteiger partial charge in [-0.1, -0.05) is 36.2 Å². The molecule has 100 valence electrons. The molecule has 19 heavy (non-hydrogen) atoms. The van der Waals surface area contributed by atoms with Crippen LogP contribution >= 0.6 is 11.6 Å². The van der Waals surface area contributed by atoms with Crippen LogP contribution in [-0.4, -0.2) is 11.5 Å². The minimum absolute atomic E-state index is 0.567. The van der Waals surface area contributed by atoms with E-state index in [4.69, 9.17) is 16.3 Å². The lowest BCUT2D eigenvalue weighted by Gasteiger charge is -2.12. The van der Waals surface area contributed by atoms with Gasteiger partial charge in [0.1, 0.15) is 11.5 Å². The van der Waals surface area contributed by atoms with Gasteiger partial charge in [-0.25, -0.2) is 0 Å². The summed E-state index contributed by atoms with van der Waals surface area (Å²) in [7, 11) is 0. The van der Waals surface area contributed by atoms with Crippen LogP contribution in [0.3, 0.4) is 0 Å². The predicted octanol–water partition coefficient (Wildman–Crippen LogP) is 3.95. The molecular weight excluding hydrogens is 260 g/mol. The number of nitrogens with one attached hydrogen (secondary N) is 1. The SMILES string of the molecule is CCNCc1cc(C)ccc1Oc1cncc(Cl)c1. The van der Waals surface area contributed by atoms with Gasteiger partial charge >= 0.3 is 0 Å². The molecule has 0 aliphatic rings. The minimum atomic E-state index is 0.567. The zero-order valence-corrected chi connectivity index (χ0v) is 11.9. The lowest BCUT2D eigenvalue weighted by Crippen LogP contribution is -2.12. The Balaban J connectivity index is 2.23. The van der Waals surface area contributed by atoms with Crippen molar-refractivity contribution < 1.29 is 4.74 Å². The van der Waals surface area contributed by atoms with E-state index in [1.165, 1.54) is 5.56 Å². The molecule has 1 aromatic heterocycles. The van der Waals surface area contributed by atoms with Crippen LogP contribution in [0.15, 0.2) is 36.7 Å². The largest absolute Gasteiger partial charge is 0.455 e. The monoisotopic (exact) mass is 276 g/mol. The average molecular weight is 277 g/mol. The number of aromatic nitrogens is 1. The molecule has 0 aliphatic carbocycles. The topological polar surface area (TPSA) is 34.1 Å². The Morgan fingerprint density at radius 3 is 2.84 bits per heavy atom. The maximum atomic E-state index is 5.90. The van der Waals surface area contributed by atoms with Crippen LogP contribution in [0.2, 0.25) is 5.02 Å². The number of halogens is 1. The van der Waals surface area contributed by atoms with Crippen LogP contribution in [0.1, 0.15) is 18.1 Å². The van der Waals surface area contributed by atoms with Crippen molar-refractivity contribution in [2.45, 2.75) is 20.4 Å². The van der Waals surface area contributed by atoms with Gasteiger partial charge in [-0.15, -0.1) is 0 Å². The molecule has 0 amide bonds. The van der Waals surface area contributed by atoms with E-state index in [0.29, 0.717) is 10.8 Å². The standard InChI is InChI=1S/C15H17ClN2O/c1-3-17-8-12-6-11(2)4-5-15(12)19-14-7-13(16)9-18-10-14/h4-7,9-10,17H,3,8H2,1-2H3. The summed E-state index contributed by atoms with van der Waals surface area (Å²) in [6.45, 7) is 5.85. The first-order chi connectivity index (χ1) is 9.19. The van der Waals surface area contributed by atoms with Crippen molar-refractivity contribution in [1.29, 1.82) is 0 Å². The molecule has 0 spiro atoms. The first-order valence-electron chi connectivity index (χ1n) is 6.27. The van der Waals surface area contributed by atoms with Gasteiger partial charge in [-0.3, -0.25) is 4.98 Å². The number of hydrogen-bond acceptors (Lipinski definition) is 3. The van der Waals surface area contributed by atoms with Crippen LogP contribution in [-0.2, 0) is 6.54 Å². The van der Waals surface area contributed by atoms with Crippen LogP contribution in [0.4, 0.5) is 0 Å². The van der Waals surface area contributed by atoms with Crippen molar-refractivity contribution in [2.75, 3.05) is 6.54 Å². The molecule has 4 heteroatoms. The number of benzene rings is 1. The molecule has 2 aromatic rings. The van der Waals surface area contributed by atoms with Crippen molar-refractivity contribution in [2.24, 2.45) is 0 Å². The van der Waals surface area contributed by atoms with E-state index in [2.05, 4.69) is 30.2 Å². The smallest absolute Gasteiger partial charge is 0.147 e. The van der Waals surface area contributed by atoms with E-state index < -0.39 is 0 Å². The summed E-state index contributed by atoms with van der Waals surface area (Å²) >= 11 is 5.90. The molecule has 2 rings (SSSR count). The normalized spacial score (nSPS) is 10.5. The van der Waals surface area contributed by atoms with Gasteiger partial charge in [-0.2, -0.15) is 0 Å². The highest BCUT2D eigenvalue weighted by Gasteiger charge is 2.06. The van der Waals surface area contributed by atoms with E-state index in [1.54, 1.807) is 18.5 Å². The van der Waals surface area contributed by atoms with Crippen molar-refractivity contribution in [3.63, 3.8) is 0 Å². The van der Waals surface area contributed by atoms with E-state index in [1.807, 2.05) is 12.1 Å². The maximum absolute atomic E-state index is 5.90. The fraction of sp³-hybridized carbons (Fsp3) is 0.267. The number of rotatable bonds is 5. The number of pyridine rings is 1. The molecule has 0 atom stereocenters. The molecule has 0 bridgehead atoms. The Kier molecular flexibility index (Phi) is 4.77. The predicted molar refractivity (Wildman–Crippen MR) is 77.9 cm³/mol. The first-order valence-corrected chi connectivity index (χ1v) is 6.65. The molecule has 0 unspecified atom stereocenters. The highest BCUT2D eigenvalue weighted by atomic mass is 35.5. The fourth-order valence-electron chi connectivity index (χ4n) is 1.78. The third-order valence-corrected chi connectivity index (χ3v) is 2.90. The van der Waals surface area contributed by atoms with Gasteiger partial charge in [-0.05, 0) is 19.5 Å².